The minimum Gasteiger partial charge on any atom is -0.493 e. The van der Waals surface area contributed by atoms with Crippen LogP contribution in [0.1, 0.15) is 47.7 Å². The maximum absolute atomic E-state index is 5.88. The van der Waals surface area contributed by atoms with E-state index < -0.39 is 0 Å². The fourth-order valence-corrected chi connectivity index (χ4v) is 5.16. The van der Waals surface area contributed by atoms with Crippen molar-refractivity contribution in [2.45, 2.75) is 25.3 Å². The number of para-hydroxylation sites is 2. The zero-order valence-corrected chi connectivity index (χ0v) is 21.9. The van der Waals surface area contributed by atoms with Gasteiger partial charge in [0.2, 0.25) is 0 Å². The number of nitrogens with one attached hydrogen (secondary N) is 2. The minimum atomic E-state index is -0.0145. The number of fused-ring (bicyclic) bond motifs is 3. The summed E-state index contributed by atoms with van der Waals surface area (Å²) in [5.74, 6) is 3.12. The molecule has 0 radical (unpaired) electrons. The SMILES string of the molecule is CCCOc1ccc(C2NCC(c3cccc(OC)c3OC)c3c2[nH]c2ccccc32)cc1OC.Cl. The molecule has 1 aliphatic heterocycles. The van der Waals surface area contributed by atoms with Crippen molar-refractivity contribution in [3.05, 3.63) is 83.0 Å². The number of H-pyrrole nitrogens is 1. The number of rotatable bonds is 8. The molecule has 5 rings (SSSR count). The molecule has 190 valence electrons. The Morgan fingerprint density at radius 3 is 2.42 bits per heavy atom. The number of aromatic nitrogens is 1. The van der Waals surface area contributed by atoms with E-state index in [-0.39, 0.29) is 24.4 Å². The van der Waals surface area contributed by atoms with Crippen LogP contribution in [0.2, 0.25) is 0 Å². The highest BCUT2D eigenvalue weighted by molar-refractivity contribution is 5.87. The number of halogens is 1. The van der Waals surface area contributed by atoms with Crippen LogP contribution >= 0.6 is 12.4 Å². The van der Waals surface area contributed by atoms with Crippen LogP contribution in [0.4, 0.5) is 0 Å². The number of aromatic amines is 1. The highest BCUT2D eigenvalue weighted by Crippen LogP contribution is 2.46. The Labute approximate surface area is 218 Å². The Morgan fingerprint density at radius 2 is 1.67 bits per heavy atom. The maximum atomic E-state index is 5.88. The molecule has 4 aromatic rings. The fraction of sp³-hybridized carbons (Fsp3) is 0.310. The van der Waals surface area contributed by atoms with Gasteiger partial charge in [0.15, 0.2) is 23.0 Å². The Kier molecular flexibility index (Phi) is 7.97. The number of methoxy groups -OCH3 is 3. The van der Waals surface area contributed by atoms with E-state index in [9.17, 15) is 0 Å². The third kappa shape index (κ3) is 4.47. The number of hydrogen-bond donors (Lipinski definition) is 2. The van der Waals surface area contributed by atoms with E-state index in [0.717, 1.165) is 58.3 Å². The Bertz CT molecular complexity index is 1340. The van der Waals surface area contributed by atoms with Crippen molar-refractivity contribution < 1.29 is 18.9 Å². The predicted octanol–water partition coefficient (Wildman–Crippen LogP) is 6.23. The molecule has 0 saturated heterocycles. The molecule has 0 saturated carbocycles. The summed E-state index contributed by atoms with van der Waals surface area (Å²) in [6.45, 7) is 3.50. The molecule has 1 aromatic heterocycles. The molecule has 0 spiro atoms. The molecule has 2 atom stereocenters. The standard InChI is InChI=1S/C29H32N2O4.ClH/c1-5-15-35-23-14-13-18(16-25(23)33-3)27-28-26(20-9-6-7-11-22(20)31-28)21(17-30-27)19-10-8-12-24(32-2)29(19)34-4;/h6-14,16,21,27,30-31H,5,15,17H2,1-4H3;1H. The van der Waals surface area contributed by atoms with E-state index in [1.807, 2.05) is 18.2 Å². The first-order chi connectivity index (χ1) is 17.2. The van der Waals surface area contributed by atoms with Crippen molar-refractivity contribution in [2.24, 2.45) is 0 Å². The van der Waals surface area contributed by atoms with Gasteiger partial charge in [-0.05, 0) is 41.8 Å². The van der Waals surface area contributed by atoms with Gasteiger partial charge >= 0.3 is 0 Å². The summed E-state index contributed by atoms with van der Waals surface area (Å²) < 4.78 is 23.0. The Morgan fingerprint density at radius 1 is 0.861 bits per heavy atom. The molecule has 2 unspecified atom stereocenters. The van der Waals surface area contributed by atoms with Gasteiger partial charge in [-0.2, -0.15) is 0 Å². The first-order valence-corrected chi connectivity index (χ1v) is 12.1. The molecule has 0 fully saturated rings. The average Bonchev–Trinajstić information content (AvgIpc) is 3.30. The third-order valence-corrected chi connectivity index (χ3v) is 6.73. The Balaban J connectivity index is 0.00000304. The molecule has 0 bridgehead atoms. The van der Waals surface area contributed by atoms with Crippen LogP contribution in [-0.2, 0) is 0 Å². The van der Waals surface area contributed by atoms with Crippen LogP contribution in [-0.4, -0.2) is 39.5 Å². The minimum absolute atomic E-state index is 0. The van der Waals surface area contributed by atoms with E-state index in [4.69, 9.17) is 18.9 Å². The quantitative estimate of drug-likeness (QED) is 0.295. The van der Waals surface area contributed by atoms with Crippen molar-refractivity contribution in [3.8, 4) is 23.0 Å². The molecule has 0 aliphatic carbocycles. The second-order valence-electron chi connectivity index (χ2n) is 8.73. The summed E-state index contributed by atoms with van der Waals surface area (Å²) in [5, 5.41) is 5.00. The molecule has 6 nitrogen and oxygen atoms in total. The molecule has 0 amide bonds. The Hall–Kier alpha value is -3.35. The fourth-order valence-electron chi connectivity index (χ4n) is 5.16. The summed E-state index contributed by atoms with van der Waals surface area (Å²) in [7, 11) is 5.06. The van der Waals surface area contributed by atoms with Gasteiger partial charge in [-0.3, -0.25) is 0 Å². The summed E-state index contributed by atoms with van der Waals surface area (Å²) in [4.78, 5) is 3.71. The largest absolute Gasteiger partial charge is 0.493 e. The van der Waals surface area contributed by atoms with Crippen LogP contribution in [0.25, 0.3) is 10.9 Å². The molecular formula is C29H33ClN2O4. The van der Waals surface area contributed by atoms with Crippen LogP contribution in [0.3, 0.4) is 0 Å². The van der Waals surface area contributed by atoms with Crippen molar-refractivity contribution in [1.82, 2.24) is 10.3 Å². The molecule has 3 aromatic carbocycles. The van der Waals surface area contributed by atoms with Gasteiger partial charge in [0.05, 0.1) is 34.0 Å². The normalized spacial score (nSPS) is 16.7. The van der Waals surface area contributed by atoms with E-state index in [2.05, 4.69) is 59.7 Å². The zero-order chi connectivity index (χ0) is 24.4. The number of hydrogen-bond acceptors (Lipinski definition) is 5. The number of benzene rings is 3. The highest BCUT2D eigenvalue weighted by Gasteiger charge is 2.34. The van der Waals surface area contributed by atoms with Crippen LogP contribution in [0, 0.1) is 0 Å². The van der Waals surface area contributed by atoms with Crippen molar-refractivity contribution in [3.63, 3.8) is 0 Å². The van der Waals surface area contributed by atoms with E-state index in [1.54, 1.807) is 21.3 Å². The second kappa shape index (κ2) is 11.1. The third-order valence-electron chi connectivity index (χ3n) is 6.73. The lowest BCUT2D eigenvalue weighted by atomic mass is 9.82. The first kappa shape index (κ1) is 25.7. The summed E-state index contributed by atoms with van der Waals surface area (Å²) in [5.41, 5.74) is 5.77. The van der Waals surface area contributed by atoms with Gasteiger partial charge < -0.3 is 29.2 Å². The second-order valence-corrected chi connectivity index (χ2v) is 8.73. The van der Waals surface area contributed by atoms with Gasteiger partial charge in [0.25, 0.3) is 0 Å². The van der Waals surface area contributed by atoms with E-state index in [1.165, 1.54) is 10.9 Å². The topological polar surface area (TPSA) is 64.7 Å². The van der Waals surface area contributed by atoms with Crippen molar-refractivity contribution in [1.29, 1.82) is 0 Å². The first-order valence-electron chi connectivity index (χ1n) is 12.1. The molecule has 2 heterocycles. The number of ether oxygens (including phenoxy) is 4. The van der Waals surface area contributed by atoms with Gasteiger partial charge in [0, 0.05) is 34.6 Å². The summed E-state index contributed by atoms with van der Waals surface area (Å²) in [6.07, 6.45) is 0.947. The van der Waals surface area contributed by atoms with Crippen molar-refractivity contribution >= 4 is 23.3 Å². The summed E-state index contributed by atoms with van der Waals surface area (Å²) in [6, 6.07) is 20.8. The monoisotopic (exact) mass is 508 g/mol. The van der Waals surface area contributed by atoms with Crippen LogP contribution in [0.15, 0.2) is 60.7 Å². The molecule has 7 heteroatoms. The van der Waals surface area contributed by atoms with Gasteiger partial charge in [0.1, 0.15) is 0 Å². The average molecular weight is 509 g/mol. The smallest absolute Gasteiger partial charge is 0.164 e. The van der Waals surface area contributed by atoms with Gasteiger partial charge in [-0.15, -0.1) is 12.4 Å². The van der Waals surface area contributed by atoms with Crippen LogP contribution < -0.4 is 24.3 Å². The molecule has 36 heavy (non-hydrogen) atoms. The van der Waals surface area contributed by atoms with Crippen molar-refractivity contribution in [2.75, 3.05) is 34.5 Å². The maximum Gasteiger partial charge on any atom is 0.164 e. The highest BCUT2D eigenvalue weighted by atomic mass is 35.5. The van der Waals surface area contributed by atoms with Gasteiger partial charge in [-0.25, -0.2) is 0 Å². The van der Waals surface area contributed by atoms with Gasteiger partial charge in [-0.1, -0.05) is 43.3 Å². The molecular weight excluding hydrogens is 476 g/mol. The van der Waals surface area contributed by atoms with Crippen LogP contribution in [0.5, 0.6) is 23.0 Å². The van der Waals surface area contributed by atoms with E-state index >= 15 is 0 Å². The lowest BCUT2D eigenvalue weighted by Gasteiger charge is -2.32. The predicted molar refractivity (Wildman–Crippen MR) is 146 cm³/mol. The lowest BCUT2D eigenvalue weighted by molar-refractivity contribution is 0.294. The zero-order valence-electron chi connectivity index (χ0n) is 21.1. The summed E-state index contributed by atoms with van der Waals surface area (Å²) >= 11 is 0. The lowest BCUT2D eigenvalue weighted by Crippen LogP contribution is -2.34. The molecule has 2 N–H and O–H groups in total. The van der Waals surface area contributed by atoms with E-state index in [0.29, 0.717) is 6.61 Å². The molecule has 1 aliphatic rings.